The number of amides is 1. The van der Waals surface area contributed by atoms with E-state index in [1.165, 1.54) is 30.5 Å². The normalized spacial score (nSPS) is 13.6. The Morgan fingerprint density at radius 3 is 2.31 bits per heavy atom. The second kappa shape index (κ2) is 9.47. The van der Waals surface area contributed by atoms with E-state index < -0.39 is 33.1 Å². The number of nitrogens with zero attached hydrogens (tertiary/aromatic N) is 2. The number of nitrogens with one attached hydrogen (secondary N) is 2. The Labute approximate surface area is 202 Å². The number of aromatic amines is 1. The number of hydrogen-bond acceptors (Lipinski definition) is 7. The number of benzene rings is 2. The molecule has 2 heterocycles. The lowest BCUT2D eigenvalue weighted by molar-refractivity contribution is 0.0853. The van der Waals surface area contributed by atoms with Gasteiger partial charge < -0.3 is 20.5 Å². The molecule has 0 spiro atoms. The average molecular weight is 495 g/mol. The van der Waals surface area contributed by atoms with Crippen molar-refractivity contribution in [1.29, 1.82) is 0 Å². The van der Waals surface area contributed by atoms with Gasteiger partial charge in [0.2, 0.25) is 0 Å². The number of phenolic OH excluding ortho intramolecular Hbond substituents is 1. The van der Waals surface area contributed by atoms with Crippen molar-refractivity contribution >= 4 is 26.9 Å². The minimum Gasteiger partial charge on any atom is -0.508 e. The van der Waals surface area contributed by atoms with Crippen molar-refractivity contribution < 1.29 is 23.4 Å². The predicted molar refractivity (Wildman–Crippen MR) is 132 cm³/mol. The Kier molecular flexibility index (Phi) is 6.60. The highest BCUT2D eigenvalue weighted by molar-refractivity contribution is 7.92. The third kappa shape index (κ3) is 4.89. The second-order valence-corrected chi connectivity index (χ2v) is 11.1. The number of sulfone groups is 1. The highest BCUT2D eigenvalue weighted by Crippen LogP contribution is 2.25. The predicted octanol–water partition coefficient (Wildman–Crippen LogP) is 3.36. The molecule has 2 aromatic carbocycles. The van der Waals surface area contributed by atoms with Gasteiger partial charge in [-0.25, -0.2) is 18.4 Å². The molecule has 0 fully saturated rings. The van der Waals surface area contributed by atoms with Crippen LogP contribution < -0.4 is 5.32 Å². The van der Waals surface area contributed by atoms with Gasteiger partial charge in [0.05, 0.1) is 39.7 Å². The smallest absolute Gasteiger partial charge is 0.255 e. The molecule has 0 aliphatic heterocycles. The molecule has 0 aliphatic rings. The van der Waals surface area contributed by atoms with E-state index in [-0.39, 0.29) is 16.2 Å². The van der Waals surface area contributed by atoms with Gasteiger partial charge in [0.25, 0.3) is 5.91 Å². The summed E-state index contributed by atoms with van der Waals surface area (Å²) in [4.78, 5) is 25.0. The van der Waals surface area contributed by atoms with Crippen LogP contribution in [0.1, 0.15) is 42.8 Å². The van der Waals surface area contributed by atoms with E-state index in [2.05, 4.69) is 20.3 Å². The average Bonchev–Trinajstić information content (AvgIpc) is 3.27. The van der Waals surface area contributed by atoms with Crippen LogP contribution in [0.3, 0.4) is 0 Å². The van der Waals surface area contributed by atoms with Crippen LogP contribution in [-0.2, 0) is 9.84 Å². The van der Waals surface area contributed by atoms with Crippen molar-refractivity contribution in [2.45, 2.75) is 43.1 Å². The molecule has 4 N–H and O–H groups in total. The monoisotopic (exact) mass is 494 g/mol. The van der Waals surface area contributed by atoms with Crippen LogP contribution in [-0.4, -0.2) is 50.8 Å². The highest BCUT2D eigenvalue weighted by atomic mass is 32.2. The van der Waals surface area contributed by atoms with E-state index in [0.29, 0.717) is 28.0 Å². The molecule has 182 valence electrons. The summed E-state index contributed by atoms with van der Waals surface area (Å²) in [5.74, 6) is -0.353. The first-order valence-corrected chi connectivity index (χ1v) is 12.6. The molecule has 0 bridgehead atoms. The quantitative estimate of drug-likeness (QED) is 0.308. The molecule has 9 nitrogen and oxygen atoms in total. The lowest BCUT2D eigenvalue weighted by Crippen LogP contribution is -2.37. The third-order valence-corrected chi connectivity index (χ3v) is 7.96. The first kappa shape index (κ1) is 24.4. The number of aromatic nitrogens is 3. The van der Waals surface area contributed by atoms with E-state index in [4.69, 9.17) is 0 Å². The standard InChI is InChI=1S/C25H26N4O5S/c1-14(2)35(33,34)19-10-6-16(7-11-19)21-13-27-24-22(29-21)20(12-26-24)25(32)28-15(3)23(31)17-4-8-18(30)9-5-17/h4-15,23,30-31H,1-3H3,(H,26,27)(H,28,32)/t15-,23-/m0/s1. The molecule has 2 aromatic heterocycles. The first-order valence-electron chi connectivity index (χ1n) is 11.0. The van der Waals surface area contributed by atoms with Gasteiger partial charge in [-0.2, -0.15) is 0 Å². The van der Waals surface area contributed by atoms with Gasteiger partial charge in [-0.3, -0.25) is 4.79 Å². The number of fused-ring (bicyclic) bond motifs is 1. The van der Waals surface area contributed by atoms with Gasteiger partial charge in [-0.05, 0) is 50.6 Å². The van der Waals surface area contributed by atoms with Gasteiger partial charge in [-0.1, -0.05) is 24.3 Å². The van der Waals surface area contributed by atoms with E-state index >= 15 is 0 Å². The van der Waals surface area contributed by atoms with Crippen molar-refractivity contribution in [1.82, 2.24) is 20.3 Å². The van der Waals surface area contributed by atoms with E-state index in [9.17, 15) is 23.4 Å². The van der Waals surface area contributed by atoms with Crippen molar-refractivity contribution in [2.24, 2.45) is 0 Å². The van der Waals surface area contributed by atoms with Crippen LogP contribution in [0.4, 0.5) is 0 Å². The number of rotatable bonds is 7. The zero-order valence-corrected chi connectivity index (χ0v) is 20.2. The molecule has 4 rings (SSSR count). The van der Waals surface area contributed by atoms with E-state index in [1.54, 1.807) is 51.2 Å². The SMILES string of the molecule is CC(C)S(=O)(=O)c1ccc(-c2cnc3[nH]cc(C(=O)N[C@@H](C)[C@H](O)c4ccc(O)cc4)c3n2)cc1. The second-order valence-electron chi connectivity index (χ2n) is 8.57. The molecular formula is C25H26N4O5S. The summed E-state index contributed by atoms with van der Waals surface area (Å²) >= 11 is 0. The van der Waals surface area contributed by atoms with Crippen molar-refractivity contribution in [3.05, 3.63) is 72.1 Å². The largest absolute Gasteiger partial charge is 0.508 e. The topological polar surface area (TPSA) is 145 Å². The van der Waals surface area contributed by atoms with Crippen LogP contribution in [0.5, 0.6) is 5.75 Å². The Morgan fingerprint density at radius 1 is 1.03 bits per heavy atom. The number of phenols is 1. The van der Waals surface area contributed by atoms with Gasteiger partial charge in [-0.15, -0.1) is 0 Å². The van der Waals surface area contributed by atoms with Gasteiger partial charge in [0.15, 0.2) is 15.5 Å². The number of carbonyl (C=O) groups excluding carboxylic acids is 1. The Morgan fingerprint density at radius 2 is 1.69 bits per heavy atom. The minimum absolute atomic E-state index is 0.0852. The summed E-state index contributed by atoms with van der Waals surface area (Å²) in [6.45, 7) is 4.94. The number of aliphatic hydroxyl groups excluding tert-OH is 1. The van der Waals surface area contributed by atoms with E-state index in [0.717, 1.165) is 0 Å². The highest BCUT2D eigenvalue weighted by Gasteiger charge is 2.22. The molecular weight excluding hydrogens is 468 g/mol. The number of H-pyrrole nitrogens is 1. The van der Waals surface area contributed by atoms with Crippen LogP contribution in [0, 0.1) is 0 Å². The van der Waals surface area contributed by atoms with Gasteiger partial charge in [0, 0.05) is 11.8 Å². The number of aliphatic hydroxyl groups is 1. The first-order chi connectivity index (χ1) is 16.6. The minimum atomic E-state index is -3.39. The van der Waals surface area contributed by atoms with Crippen LogP contribution in [0.25, 0.3) is 22.4 Å². The fourth-order valence-electron chi connectivity index (χ4n) is 3.61. The zero-order chi connectivity index (χ0) is 25.3. The number of carbonyl (C=O) groups is 1. The molecule has 0 radical (unpaired) electrons. The molecule has 2 atom stereocenters. The van der Waals surface area contributed by atoms with Crippen molar-refractivity contribution in [3.63, 3.8) is 0 Å². The maximum absolute atomic E-state index is 13.0. The third-order valence-electron chi connectivity index (χ3n) is 5.79. The Bertz CT molecular complexity index is 1460. The summed E-state index contributed by atoms with van der Waals surface area (Å²) in [5.41, 5.74) is 2.73. The summed E-state index contributed by atoms with van der Waals surface area (Å²) in [5, 5.41) is 22.2. The summed E-state index contributed by atoms with van der Waals surface area (Å²) in [7, 11) is -3.39. The van der Waals surface area contributed by atoms with Crippen LogP contribution in [0.2, 0.25) is 0 Å². The Hall–Kier alpha value is -3.76. The summed E-state index contributed by atoms with van der Waals surface area (Å²) < 4.78 is 24.8. The van der Waals surface area contributed by atoms with Crippen molar-refractivity contribution in [3.8, 4) is 17.0 Å². The molecule has 35 heavy (non-hydrogen) atoms. The van der Waals surface area contributed by atoms with E-state index in [1.807, 2.05) is 0 Å². The zero-order valence-electron chi connectivity index (χ0n) is 19.4. The molecule has 0 saturated carbocycles. The molecule has 0 aliphatic carbocycles. The van der Waals surface area contributed by atoms with Crippen LogP contribution >= 0.6 is 0 Å². The van der Waals surface area contributed by atoms with Gasteiger partial charge >= 0.3 is 0 Å². The summed E-state index contributed by atoms with van der Waals surface area (Å²) in [6.07, 6.45) is 2.07. The summed E-state index contributed by atoms with van der Waals surface area (Å²) in [6, 6.07) is 11.9. The maximum Gasteiger partial charge on any atom is 0.255 e. The fourth-order valence-corrected chi connectivity index (χ4v) is 4.67. The maximum atomic E-state index is 13.0. The van der Waals surface area contributed by atoms with Crippen molar-refractivity contribution in [2.75, 3.05) is 0 Å². The Balaban J connectivity index is 1.57. The molecule has 4 aromatic rings. The van der Waals surface area contributed by atoms with Crippen LogP contribution in [0.15, 0.2) is 65.8 Å². The fraction of sp³-hybridized carbons (Fsp3) is 0.240. The number of aromatic hydroxyl groups is 1. The lowest BCUT2D eigenvalue weighted by Gasteiger charge is -2.20. The van der Waals surface area contributed by atoms with Gasteiger partial charge in [0.1, 0.15) is 11.3 Å². The molecule has 0 saturated heterocycles. The molecule has 10 heteroatoms. The lowest BCUT2D eigenvalue weighted by atomic mass is 10.0. The molecule has 1 amide bonds. The number of hydrogen-bond donors (Lipinski definition) is 4. The molecule has 0 unspecified atom stereocenters.